The minimum atomic E-state index is -0.0404. The Morgan fingerprint density at radius 2 is 2.29 bits per heavy atom. The molecule has 0 amide bonds. The fourth-order valence-corrected chi connectivity index (χ4v) is 1.65. The molecule has 0 saturated carbocycles. The monoisotopic (exact) mass is 191 g/mol. The van der Waals surface area contributed by atoms with Crippen molar-refractivity contribution in [3.63, 3.8) is 0 Å². The van der Waals surface area contributed by atoms with Gasteiger partial charge in [0, 0.05) is 7.05 Å². The second kappa shape index (κ2) is 3.31. The number of benzene rings is 1. The lowest BCUT2D eigenvalue weighted by atomic mass is 10.1. The molecule has 0 aliphatic heterocycles. The standard InChI is InChI=1S/C10H13N3O/c1-13-9-3-2-7(4-5-11)6-8(9)10(14)12-13/h2-3,6H,4-5,11H2,1H3,(H,12,14). The first-order chi connectivity index (χ1) is 6.72. The van der Waals surface area contributed by atoms with Crippen LogP contribution in [0.3, 0.4) is 0 Å². The Hall–Kier alpha value is -1.55. The van der Waals surface area contributed by atoms with Crippen molar-refractivity contribution in [3.8, 4) is 0 Å². The number of nitrogens with zero attached hydrogens (tertiary/aromatic N) is 1. The SMILES string of the molecule is Cn1[nH]c(=O)c2cc(CCN)ccc21. The van der Waals surface area contributed by atoms with Gasteiger partial charge in [-0.3, -0.25) is 14.6 Å². The van der Waals surface area contributed by atoms with Crippen LogP contribution in [-0.2, 0) is 13.5 Å². The molecule has 4 nitrogen and oxygen atoms in total. The minimum Gasteiger partial charge on any atom is -0.330 e. The van der Waals surface area contributed by atoms with Gasteiger partial charge in [0.05, 0.1) is 10.9 Å². The third-order valence-electron chi connectivity index (χ3n) is 2.37. The topological polar surface area (TPSA) is 63.8 Å². The summed E-state index contributed by atoms with van der Waals surface area (Å²) in [7, 11) is 1.83. The van der Waals surface area contributed by atoms with Crippen molar-refractivity contribution in [3.05, 3.63) is 34.1 Å². The molecule has 0 fully saturated rings. The van der Waals surface area contributed by atoms with Gasteiger partial charge in [0.1, 0.15) is 0 Å². The maximum atomic E-state index is 11.4. The number of hydrogen-bond donors (Lipinski definition) is 2. The molecule has 1 heterocycles. The second-order valence-corrected chi connectivity index (χ2v) is 3.39. The molecule has 0 saturated heterocycles. The zero-order valence-corrected chi connectivity index (χ0v) is 8.08. The van der Waals surface area contributed by atoms with Crippen LogP contribution in [0.1, 0.15) is 5.56 Å². The van der Waals surface area contributed by atoms with Crippen LogP contribution in [0, 0.1) is 0 Å². The fourth-order valence-electron chi connectivity index (χ4n) is 1.65. The van der Waals surface area contributed by atoms with Gasteiger partial charge in [-0.2, -0.15) is 0 Å². The van der Waals surface area contributed by atoms with E-state index in [1.165, 1.54) is 0 Å². The average Bonchev–Trinajstić information content (AvgIpc) is 2.43. The Kier molecular flexibility index (Phi) is 2.13. The largest absolute Gasteiger partial charge is 0.330 e. The predicted molar refractivity (Wildman–Crippen MR) is 56.3 cm³/mol. The first-order valence-electron chi connectivity index (χ1n) is 4.60. The highest BCUT2D eigenvalue weighted by molar-refractivity contribution is 5.79. The van der Waals surface area contributed by atoms with Gasteiger partial charge in [-0.15, -0.1) is 0 Å². The minimum absolute atomic E-state index is 0.0404. The molecular formula is C10H13N3O. The second-order valence-electron chi connectivity index (χ2n) is 3.39. The summed E-state index contributed by atoms with van der Waals surface area (Å²) < 4.78 is 1.73. The van der Waals surface area contributed by atoms with Crippen molar-refractivity contribution in [2.45, 2.75) is 6.42 Å². The van der Waals surface area contributed by atoms with E-state index < -0.39 is 0 Å². The third-order valence-corrected chi connectivity index (χ3v) is 2.37. The predicted octanol–water partition coefficient (Wildman–Crippen LogP) is 0.368. The van der Waals surface area contributed by atoms with Gasteiger partial charge < -0.3 is 5.73 Å². The van der Waals surface area contributed by atoms with E-state index >= 15 is 0 Å². The number of rotatable bonds is 2. The lowest BCUT2D eigenvalue weighted by molar-refractivity contribution is 0.783. The summed E-state index contributed by atoms with van der Waals surface area (Å²) in [5.41, 5.74) is 7.45. The summed E-state index contributed by atoms with van der Waals surface area (Å²) in [6, 6.07) is 5.85. The van der Waals surface area contributed by atoms with Gasteiger partial charge in [-0.1, -0.05) is 6.07 Å². The number of nitrogens with two attached hydrogens (primary N) is 1. The maximum Gasteiger partial charge on any atom is 0.271 e. The molecular weight excluding hydrogens is 178 g/mol. The van der Waals surface area contributed by atoms with E-state index in [1.807, 2.05) is 25.2 Å². The molecule has 0 radical (unpaired) electrons. The molecule has 2 rings (SSSR count). The van der Waals surface area contributed by atoms with E-state index in [0.29, 0.717) is 6.54 Å². The average molecular weight is 191 g/mol. The Labute approximate surface area is 81.3 Å². The molecule has 0 bridgehead atoms. The lowest BCUT2D eigenvalue weighted by Crippen LogP contribution is -2.03. The highest BCUT2D eigenvalue weighted by atomic mass is 16.1. The van der Waals surface area contributed by atoms with Crippen molar-refractivity contribution in [2.24, 2.45) is 12.8 Å². The molecule has 2 aromatic rings. The molecule has 14 heavy (non-hydrogen) atoms. The number of H-pyrrole nitrogens is 1. The summed E-state index contributed by atoms with van der Waals surface area (Å²) in [4.78, 5) is 11.4. The Morgan fingerprint density at radius 3 is 3.00 bits per heavy atom. The lowest BCUT2D eigenvalue weighted by Gasteiger charge is -1.98. The number of aromatic nitrogens is 2. The van der Waals surface area contributed by atoms with E-state index in [-0.39, 0.29) is 5.56 Å². The van der Waals surface area contributed by atoms with Crippen LogP contribution < -0.4 is 11.3 Å². The molecule has 0 atom stereocenters. The number of hydrogen-bond acceptors (Lipinski definition) is 2. The Balaban J connectivity index is 2.65. The van der Waals surface area contributed by atoms with E-state index in [0.717, 1.165) is 22.9 Å². The van der Waals surface area contributed by atoms with Crippen molar-refractivity contribution >= 4 is 10.9 Å². The van der Waals surface area contributed by atoms with Crippen LogP contribution in [-0.4, -0.2) is 16.3 Å². The van der Waals surface area contributed by atoms with Crippen LogP contribution in [0.2, 0.25) is 0 Å². The summed E-state index contributed by atoms with van der Waals surface area (Å²) in [6.45, 7) is 0.607. The molecule has 0 aliphatic carbocycles. The molecule has 74 valence electrons. The van der Waals surface area contributed by atoms with Gasteiger partial charge in [-0.25, -0.2) is 0 Å². The molecule has 0 aliphatic rings. The first-order valence-corrected chi connectivity index (χ1v) is 4.60. The van der Waals surface area contributed by atoms with Crippen LogP contribution in [0.5, 0.6) is 0 Å². The number of nitrogens with one attached hydrogen (secondary N) is 1. The maximum absolute atomic E-state index is 11.4. The fraction of sp³-hybridized carbons (Fsp3) is 0.300. The van der Waals surface area contributed by atoms with Gasteiger partial charge in [0.15, 0.2) is 0 Å². The Morgan fingerprint density at radius 1 is 1.50 bits per heavy atom. The Bertz CT molecular complexity index is 510. The summed E-state index contributed by atoms with van der Waals surface area (Å²) in [5.74, 6) is 0. The van der Waals surface area contributed by atoms with Crippen LogP contribution in [0.25, 0.3) is 10.9 Å². The van der Waals surface area contributed by atoms with E-state index in [2.05, 4.69) is 5.10 Å². The van der Waals surface area contributed by atoms with Crippen molar-refractivity contribution in [1.29, 1.82) is 0 Å². The quantitative estimate of drug-likeness (QED) is 0.720. The van der Waals surface area contributed by atoms with E-state index in [1.54, 1.807) is 4.68 Å². The van der Waals surface area contributed by atoms with Gasteiger partial charge in [-0.05, 0) is 30.7 Å². The van der Waals surface area contributed by atoms with Crippen molar-refractivity contribution < 1.29 is 0 Å². The number of fused-ring (bicyclic) bond motifs is 1. The molecule has 0 unspecified atom stereocenters. The van der Waals surface area contributed by atoms with Gasteiger partial charge >= 0.3 is 0 Å². The van der Waals surface area contributed by atoms with Gasteiger partial charge in [0.2, 0.25) is 0 Å². The van der Waals surface area contributed by atoms with E-state index in [9.17, 15) is 4.79 Å². The van der Waals surface area contributed by atoms with Crippen molar-refractivity contribution in [2.75, 3.05) is 6.54 Å². The highest BCUT2D eigenvalue weighted by Gasteiger charge is 2.03. The van der Waals surface area contributed by atoms with Crippen molar-refractivity contribution in [1.82, 2.24) is 9.78 Å². The molecule has 4 heteroatoms. The van der Waals surface area contributed by atoms with Crippen LogP contribution >= 0.6 is 0 Å². The molecule has 0 spiro atoms. The molecule has 3 N–H and O–H groups in total. The van der Waals surface area contributed by atoms with Crippen LogP contribution in [0.15, 0.2) is 23.0 Å². The number of aromatic amines is 1. The first kappa shape index (κ1) is 9.02. The summed E-state index contributed by atoms with van der Waals surface area (Å²) >= 11 is 0. The number of aryl methyl sites for hydroxylation is 1. The van der Waals surface area contributed by atoms with E-state index in [4.69, 9.17) is 5.73 Å². The molecule has 1 aromatic heterocycles. The zero-order valence-electron chi connectivity index (χ0n) is 8.08. The molecule has 1 aromatic carbocycles. The highest BCUT2D eigenvalue weighted by Crippen LogP contribution is 2.11. The van der Waals surface area contributed by atoms with Gasteiger partial charge in [0.25, 0.3) is 5.56 Å². The van der Waals surface area contributed by atoms with Crippen LogP contribution in [0.4, 0.5) is 0 Å². The normalized spacial score (nSPS) is 11.0. The summed E-state index contributed by atoms with van der Waals surface area (Å²) in [5, 5.41) is 3.45. The summed E-state index contributed by atoms with van der Waals surface area (Å²) in [6.07, 6.45) is 0.810. The third kappa shape index (κ3) is 1.33. The smallest absolute Gasteiger partial charge is 0.271 e. The zero-order chi connectivity index (χ0) is 10.1.